The molecule has 9 nitrogen and oxygen atoms in total. The van der Waals surface area contributed by atoms with Gasteiger partial charge in [-0.2, -0.15) is 5.10 Å². The summed E-state index contributed by atoms with van der Waals surface area (Å²) >= 11 is 0. The largest absolute Gasteiger partial charge is 0.493 e. The lowest BCUT2D eigenvalue weighted by Gasteiger charge is -2.13. The SMILES string of the molecule is COc1cccc(/C=N\NC(=O)C(=O)NC(C)C)c1OCC(=O)Nc1ccccc1C. The van der Waals surface area contributed by atoms with E-state index in [1.807, 2.05) is 25.1 Å². The first kappa shape index (κ1) is 23.4. The molecule has 3 amide bonds. The first-order valence-electron chi connectivity index (χ1n) is 9.61. The summed E-state index contributed by atoms with van der Waals surface area (Å²) in [6.07, 6.45) is 1.30. The van der Waals surface area contributed by atoms with E-state index in [2.05, 4.69) is 21.2 Å². The van der Waals surface area contributed by atoms with Crippen LogP contribution >= 0.6 is 0 Å². The summed E-state index contributed by atoms with van der Waals surface area (Å²) in [6.45, 7) is 5.10. The van der Waals surface area contributed by atoms with Gasteiger partial charge in [-0.25, -0.2) is 5.43 Å². The molecule has 0 atom stereocenters. The van der Waals surface area contributed by atoms with Crippen molar-refractivity contribution in [2.24, 2.45) is 5.10 Å². The maximum Gasteiger partial charge on any atom is 0.329 e. The van der Waals surface area contributed by atoms with Gasteiger partial charge >= 0.3 is 11.8 Å². The van der Waals surface area contributed by atoms with Crippen molar-refractivity contribution in [1.29, 1.82) is 0 Å². The van der Waals surface area contributed by atoms with Crippen molar-refractivity contribution in [3.63, 3.8) is 0 Å². The van der Waals surface area contributed by atoms with Crippen LogP contribution < -0.4 is 25.5 Å². The van der Waals surface area contributed by atoms with Crippen LogP contribution in [0.2, 0.25) is 0 Å². The number of nitrogens with one attached hydrogen (secondary N) is 3. The van der Waals surface area contributed by atoms with Gasteiger partial charge in [-0.05, 0) is 44.5 Å². The third-order valence-electron chi connectivity index (χ3n) is 3.99. The Morgan fingerprint density at radius 2 is 1.81 bits per heavy atom. The minimum atomic E-state index is -0.895. The molecule has 164 valence electrons. The monoisotopic (exact) mass is 426 g/mol. The molecule has 0 saturated heterocycles. The molecule has 9 heteroatoms. The van der Waals surface area contributed by atoms with E-state index in [1.54, 1.807) is 38.1 Å². The van der Waals surface area contributed by atoms with Crippen molar-refractivity contribution in [2.45, 2.75) is 26.8 Å². The van der Waals surface area contributed by atoms with Crippen LogP contribution in [0.1, 0.15) is 25.0 Å². The normalized spacial score (nSPS) is 10.6. The lowest BCUT2D eigenvalue weighted by atomic mass is 10.2. The van der Waals surface area contributed by atoms with E-state index in [-0.39, 0.29) is 24.3 Å². The van der Waals surface area contributed by atoms with Crippen molar-refractivity contribution in [1.82, 2.24) is 10.7 Å². The number of ether oxygens (including phenoxy) is 2. The number of benzene rings is 2. The Kier molecular flexibility index (Phi) is 8.56. The molecule has 0 aromatic heterocycles. The number of hydrazone groups is 1. The van der Waals surface area contributed by atoms with Crippen LogP contribution in [0.25, 0.3) is 0 Å². The maximum absolute atomic E-state index is 12.3. The number of methoxy groups -OCH3 is 1. The van der Waals surface area contributed by atoms with E-state index < -0.39 is 11.8 Å². The van der Waals surface area contributed by atoms with Gasteiger partial charge in [0.2, 0.25) is 0 Å². The van der Waals surface area contributed by atoms with Gasteiger partial charge in [0.1, 0.15) is 0 Å². The van der Waals surface area contributed by atoms with Crippen LogP contribution in [0.5, 0.6) is 11.5 Å². The number of hydrogen-bond acceptors (Lipinski definition) is 6. The molecular formula is C22H26N4O5. The van der Waals surface area contributed by atoms with Crippen LogP contribution in [0.4, 0.5) is 5.69 Å². The zero-order chi connectivity index (χ0) is 22.8. The molecular weight excluding hydrogens is 400 g/mol. The maximum atomic E-state index is 12.3. The Hall–Kier alpha value is -3.88. The summed E-state index contributed by atoms with van der Waals surface area (Å²) in [7, 11) is 1.47. The molecule has 31 heavy (non-hydrogen) atoms. The van der Waals surface area contributed by atoms with E-state index >= 15 is 0 Å². The summed E-state index contributed by atoms with van der Waals surface area (Å²) in [5.41, 5.74) is 4.22. The van der Waals surface area contributed by atoms with Gasteiger partial charge in [0.15, 0.2) is 18.1 Å². The smallest absolute Gasteiger partial charge is 0.329 e. The fraction of sp³-hybridized carbons (Fsp3) is 0.273. The van der Waals surface area contributed by atoms with E-state index in [0.29, 0.717) is 17.0 Å². The summed E-state index contributed by atoms with van der Waals surface area (Å²) in [5.74, 6) is -1.37. The molecule has 0 saturated carbocycles. The molecule has 0 aliphatic rings. The summed E-state index contributed by atoms with van der Waals surface area (Å²) in [6, 6.07) is 12.3. The number of rotatable bonds is 8. The van der Waals surface area contributed by atoms with Gasteiger partial charge in [-0.3, -0.25) is 14.4 Å². The molecule has 0 heterocycles. The highest BCUT2D eigenvalue weighted by Crippen LogP contribution is 2.30. The Balaban J connectivity index is 2.06. The predicted molar refractivity (Wildman–Crippen MR) is 117 cm³/mol. The molecule has 2 aromatic carbocycles. The number of carbonyl (C=O) groups is 3. The highest BCUT2D eigenvalue weighted by molar-refractivity contribution is 6.35. The third-order valence-corrected chi connectivity index (χ3v) is 3.99. The van der Waals surface area contributed by atoms with Crippen LogP contribution in [0.15, 0.2) is 47.6 Å². The Labute approximate surface area is 180 Å². The first-order chi connectivity index (χ1) is 14.8. The number of para-hydroxylation sites is 2. The standard InChI is InChI=1S/C22H26N4O5/c1-14(2)24-21(28)22(29)26-23-12-16-9-7-11-18(30-4)20(16)31-13-19(27)25-17-10-6-5-8-15(17)3/h5-12,14H,13H2,1-4H3,(H,24,28)(H,25,27)(H,26,29)/b23-12-. The van der Waals surface area contributed by atoms with Crippen LogP contribution in [0.3, 0.4) is 0 Å². The Morgan fingerprint density at radius 1 is 1.06 bits per heavy atom. The van der Waals surface area contributed by atoms with Gasteiger partial charge in [-0.1, -0.05) is 24.3 Å². The Bertz CT molecular complexity index is 972. The lowest BCUT2D eigenvalue weighted by Crippen LogP contribution is -2.41. The second kappa shape index (κ2) is 11.3. The second-order valence-corrected chi connectivity index (χ2v) is 6.86. The summed E-state index contributed by atoms with van der Waals surface area (Å²) in [4.78, 5) is 35.7. The highest BCUT2D eigenvalue weighted by Gasteiger charge is 2.15. The van der Waals surface area contributed by atoms with Crippen LogP contribution in [-0.2, 0) is 14.4 Å². The zero-order valence-corrected chi connectivity index (χ0v) is 17.9. The fourth-order valence-electron chi connectivity index (χ4n) is 2.53. The van der Waals surface area contributed by atoms with Crippen molar-refractivity contribution < 1.29 is 23.9 Å². The topological polar surface area (TPSA) is 118 Å². The second-order valence-electron chi connectivity index (χ2n) is 6.86. The quantitative estimate of drug-likeness (QED) is 0.339. The molecule has 0 aliphatic heterocycles. The molecule has 0 unspecified atom stereocenters. The fourth-order valence-corrected chi connectivity index (χ4v) is 2.53. The van der Waals surface area contributed by atoms with Crippen molar-refractivity contribution in [3.05, 3.63) is 53.6 Å². The van der Waals surface area contributed by atoms with Gasteiger partial charge in [-0.15, -0.1) is 0 Å². The highest BCUT2D eigenvalue weighted by atomic mass is 16.5. The van der Waals surface area contributed by atoms with Crippen molar-refractivity contribution in [2.75, 3.05) is 19.0 Å². The average Bonchev–Trinajstić information content (AvgIpc) is 2.73. The predicted octanol–water partition coefficient (Wildman–Crippen LogP) is 2.00. The molecule has 3 N–H and O–H groups in total. The van der Waals surface area contributed by atoms with E-state index in [0.717, 1.165) is 5.56 Å². The first-order valence-corrected chi connectivity index (χ1v) is 9.61. The number of nitrogens with zero attached hydrogens (tertiary/aromatic N) is 1. The number of amides is 3. The molecule has 0 spiro atoms. The van der Waals surface area contributed by atoms with E-state index in [9.17, 15) is 14.4 Å². The number of aryl methyl sites for hydroxylation is 1. The molecule has 0 aliphatic carbocycles. The minimum Gasteiger partial charge on any atom is -0.493 e. The lowest BCUT2D eigenvalue weighted by molar-refractivity contribution is -0.139. The molecule has 2 aromatic rings. The average molecular weight is 426 g/mol. The number of carbonyl (C=O) groups excluding carboxylic acids is 3. The third kappa shape index (κ3) is 7.14. The number of hydrogen-bond donors (Lipinski definition) is 3. The van der Waals surface area contributed by atoms with Gasteiger partial charge < -0.3 is 20.1 Å². The number of anilines is 1. The van der Waals surface area contributed by atoms with Gasteiger partial charge in [0.25, 0.3) is 5.91 Å². The summed E-state index contributed by atoms with van der Waals surface area (Å²) in [5, 5.41) is 9.04. The summed E-state index contributed by atoms with van der Waals surface area (Å²) < 4.78 is 11.0. The molecule has 2 rings (SSSR count). The molecule has 0 radical (unpaired) electrons. The molecule has 0 bridgehead atoms. The minimum absolute atomic E-state index is 0.175. The Morgan fingerprint density at radius 3 is 2.48 bits per heavy atom. The van der Waals surface area contributed by atoms with Crippen molar-refractivity contribution >= 4 is 29.6 Å². The van der Waals surface area contributed by atoms with Gasteiger partial charge in [0.05, 0.1) is 13.3 Å². The van der Waals surface area contributed by atoms with E-state index in [1.165, 1.54) is 13.3 Å². The van der Waals surface area contributed by atoms with Gasteiger partial charge in [0, 0.05) is 17.3 Å². The van der Waals surface area contributed by atoms with Crippen LogP contribution in [0, 0.1) is 6.92 Å². The zero-order valence-electron chi connectivity index (χ0n) is 17.9. The van der Waals surface area contributed by atoms with Crippen LogP contribution in [-0.4, -0.2) is 43.7 Å². The molecule has 0 fully saturated rings. The van der Waals surface area contributed by atoms with E-state index in [4.69, 9.17) is 9.47 Å². The van der Waals surface area contributed by atoms with Crippen molar-refractivity contribution in [3.8, 4) is 11.5 Å².